The predicted molar refractivity (Wildman–Crippen MR) is 108 cm³/mol. The van der Waals surface area contributed by atoms with Gasteiger partial charge in [0.05, 0.1) is 5.69 Å². The number of amides is 2. The molecule has 0 radical (unpaired) electrons. The van der Waals surface area contributed by atoms with E-state index in [9.17, 15) is 14.0 Å². The molecule has 4 nitrogen and oxygen atoms in total. The van der Waals surface area contributed by atoms with E-state index < -0.39 is 17.6 Å². The fourth-order valence-electron chi connectivity index (χ4n) is 2.76. The Labute approximate surface area is 162 Å². The van der Waals surface area contributed by atoms with Crippen molar-refractivity contribution in [2.75, 3.05) is 4.90 Å². The number of benzene rings is 2. The highest BCUT2D eigenvalue weighted by Crippen LogP contribution is 2.26. The summed E-state index contributed by atoms with van der Waals surface area (Å²) in [5, 5.41) is 2.31. The third-order valence-corrected chi connectivity index (χ3v) is 4.57. The van der Waals surface area contributed by atoms with E-state index in [4.69, 9.17) is 12.2 Å². The van der Waals surface area contributed by atoms with Gasteiger partial charge < -0.3 is 0 Å². The minimum Gasteiger partial charge on any atom is -0.298 e. The molecule has 0 unspecified atom stereocenters. The topological polar surface area (TPSA) is 49.4 Å². The molecule has 2 aromatic carbocycles. The predicted octanol–water partition coefficient (Wildman–Crippen LogP) is 3.95. The summed E-state index contributed by atoms with van der Waals surface area (Å²) in [6.45, 7) is 6.31. The van der Waals surface area contributed by atoms with Gasteiger partial charge >= 0.3 is 0 Å². The smallest absolute Gasteiger partial charge is 0.270 e. The maximum atomic E-state index is 14.1. The summed E-state index contributed by atoms with van der Waals surface area (Å²) in [5.74, 6) is -1.86. The van der Waals surface area contributed by atoms with Gasteiger partial charge in [-0.2, -0.15) is 0 Å². The van der Waals surface area contributed by atoms with Crippen molar-refractivity contribution in [3.8, 4) is 0 Å². The van der Waals surface area contributed by atoms with Crippen molar-refractivity contribution in [2.24, 2.45) is 0 Å². The van der Waals surface area contributed by atoms with Crippen LogP contribution in [0.5, 0.6) is 0 Å². The van der Waals surface area contributed by atoms with Crippen LogP contribution in [0.1, 0.15) is 31.9 Å². The van der Waals surface area contributed by atoms with Gasteiger partial charge in [0.2, 0.25) is 0 Å². The molecule has 0 aromatic heterocycles. The molecule has 0 bridgehead atoms. The van der Waals surface area contributed by atoms with Gasteiger partial charge in [0.15, 0.2) is 5.11 Å². The highest BCUT2D eigenvalue weighted by atomic mass is 32.1. The van der Waals surface area contributed by atoms with Crippen LogP contribution >= 0.6 is 12.2 Å². The molecule has 3 rings (SSSR count). The lowest BCUT2D eigenvalue weighted by Crippen LogP contribution is -2.54. The molecule has 138 valence electrons. The van der Waals surface area contributed by atoms with Crippen molar-refractivity contribution in [3.05, 3.63) is 71.0 Å². The lowest BCUT2D eigenvalue weighted by molar-refractivity contribution is -0.122. The standard InChI is InChI=1S/C21H19FN2O2S/c1-21(2,3)14-10-8-13(9-11-14)12-15-18(25)23-20(27)24(19(15)26)17-7-5-4-6-16(17)22/h4-12H,1-3H3,(H,23,25,27)/b15-12+. The van der Waals surface area contributed by atoms with Crippen LogP contribution in [0.3, 0.4) is 0 Å². The lowest BCUT2D eigenvalue weighted by atomic mass is 9.86. The lowest BCUT2D eigenvalue weighted by Gasteiger charge is -2.29. The molecule has 0 spiro atoms. The van der Waals surface area contributed by atoms with Gasteiger partial charge in [0, 0.05) is 0 Å². The molecule has 0 aliphatic carbocycles. The van der Waals surface area contributed by atoms with E-state index in [-0.39, 0.29) is 21.8 Å². The molecule has 0 atom stereocenters. The van der Waals surface area contributed by atoms with Crippen LogP contribution in [0.25, 0.3) is 6.08 Å². The van der Waals surface area contributed by atoms with Crippen LogP contribution < -0.4 is 10.2 Å². The zero-order chi connectivity index (χ0) is 19.8. The molecule has 2 amide bonds. The summed E-state index contributed by atoms with van der Waals surface area (Å²) in [5.41, 5.74) is 1.73. The number of hydrogen-bond donors (Lipinski definition) is 1. The Kier molecular flexibility index (Phi) is 4.93. The SMILES string of the molecule is CC(C)(C)c1ccc(/C=C2\C(=O)NC(=S)N(c3ccccc3F)C2=O)cc1. The number of para-hydroxylation sites is 1. The van der Waals surface area contributed by atoms with Crippen LogP contribution in [0, 0.1) is 5.82 Å². The van der Waals surface area contributed by atoms with Crippen molar-refractivity contribution < 1.29 is 14.0 Å². The third kappa shape index (κ3) is 3.80. The summed E-state index contributed by atoms with van der Waals surface area (Å²) >= 11 is 5.08. The second-order valence-electron chi connectivity index (χ2n) is 7.28. The number of rotatable bonds is 2. The Morgan fingerprint density at radius 3 is 2.26 bits per heavy atom. The normalized spacial score (nSPS) is 16.7. The molecule has 1 heterocycles. The number of halogens is 1. The van der Waals surface area contributed by atoms with E-state index in [1.54, 1.807) is 6.07 Å². The highest BCUT2D eigenvalue weighted by molar-refractivity contribution is 7.80. The Morgan fingerprint density at radius 2 is 1.67 bits per heavy atom. The molecule has 27 heavy (non-hydrogen) atoms. The molecule has 0 saturated carbocycles. The molecular formula is C21H19FN2O2S. The first kappa shape index (κ1) is 18.9. The summed E-state index contributed by atoms with van der Waals surface area (Å²) in [7, 11) is 0. The van der Waals surface area contributed by atoms with Crippen molar-refractivity contribution >= 4 is 40.9 Å². The van der Waals surface area contributed by atoms with Gasteiger partial charge in [-0.25, -0.2) is 9.29 Å². The second kappa shape index (κ2) is 7.04. The molecular weight excluding hydrogens is 363 g/mol. The van der Waals surface area contributed by atoms with E-state index >= 15 is 0 Å². The molecule has 1 N–H and O–H groups in total. The van der Waals surface area contributed by atoms with Gasteiger partial charge in [0.25, 0.3) is 11.8 Å². The van der Waals surface area contributed by atoms with Gasteiger partial charge in [0.1, 0.15) is 11.4 Å². The van der Waals surface area contributed by atoms with Crippen LogP contribution in [0.15, 0.2) is 54.1 Å². The van der Waals surface area contributed by atoms with Crippen molar-refractivity contribution in [2.45, 2.75) is 26.2 Å². The van der Waals surface area contributed by atoms with Gasteiger partial charge in [-0.15, -0.1) is 0 Å². The van der Waals surface area contributed by atoms with E-state index in [2.05, 4.69) is 26.1 Å². The number of anilines is 1. The van der Waals surface area contributed by atoms with Crippen LogP contribution in [-0.4, -0.2) is 16.9 Å². The minimum absolute atomic E-state index is 0.00137. The third-order valence-electron chi connectivity index (χ3n) is 4.28. The Hall–Kier alpha value is -2.86. The fraction of sp³-hybridized carbons (Fsp3) is 0.190. The monoisotopic (exact) mass is 382 g/mol. The van der Waals surface area contributed by atoms with Gasteiger partial charge in [-0.3, -0.25) is 14.9 Å². The maximum absolute atomic E-state index is 14.1. The summed E-state index contributed by atoms with van der Waals surface area (Å²) in [6, 6.07) is 13.4. The fourth-order valence-corrected chi connectivity index (χ4v) is 3.03. The van der Waals surface area contributed by atoms with E-state index in [1.165, 1.54) is 24.3 Å². The van der Waals surface area contributed by atoms with Crippen LogP contribution in [0.4, 0.5) is 10.1 Å². The highest BCUT2D eigenvalue weighted by Gasteiger charge is 2.35. The van der Waals surface area contributed by atoms with Crippen LogP contribution in [-0.2, 0) is 15.0 Å². The first-order valence-electron chi connectivity index (χ1n) is 8.45. The van der Waals surface area contributed by atoms with E-state index in [0.717, 1.165) is 10.5 Å². The van der Waals surface area contributed by atoms with Gasteiger partial charge in [-0.05, 0) is 47.0 Å². The van der Waals surface area contributed by atoms with Crippen molar-refractivity contribution in [1.82, 2.24) is 5.32 Å². The summed E-state index contributed by atoms with van der Waals surface area (Å²) in [4.78, 5) is 26.2. The number of hydrogen-bond acceptors (Lipinski definition) is 3. The maximum Gasteiger partial charge on any atom is 0.270 e. The first-order chi connectivity index (χ1) is 12.7. The van der Waals surface area contributed by atoms with Crippen LogP contribution in [0.2, 0.25) is 0 Å². The van der Waals surface area contributed by atoms with E-state index in [1.807, 2.05) is 24.3 Å². The average molecular weight is 382 g/mol. The van der Waals surface area contributed by atoms with Gasteiger partial charge in [-0.1, -0.05) is 57.2 Å². The largest absolute Gasteiger partial charge is 0.298 e. The molecule has 1 aliphatic rings. The second-order valence-corrected chi connectivity index (χ2v) is 7.67. The zero-order valence-electron chi connectivity index (χ0n) is 15.2. The first-order valence-corrected chi connectivity index (χ1v) is 8.86. The Morgan fingerprint density at radius 1 is 1.04 bits per heavy atom. The average Bonchev–Trinajstić information content (AvgIpc) is 2.60. The zero-order valence-corrected chi connectivity index (χ0v) is 16.1. The Balaban J connectivity index is 1.98. The number of nitrogens with zero attached hydrogens (tertiary/aromatic N) is 1. The quantitative estimate of drug-likeness (QED) is 0.486. The summed E-state index contributed by atoms with van der Waals surface area (Å²) in [6.07, 6.45) is 1.49. The molecule has 1 aliphatic heterocycles. The van der Waals surface area contributed by atoms with E-state index in [0.29, 0.717) is 5.56 Å². The molecule has 1 fully saturated rings. The Bertz CT molecular complexity index is 959. The van der Waals surface area contributed by atoms with Crippen molar-refractivity contribution in [1.29, 1.82) is 0 Å². The summed E-state index contributed by atoms with van der Waals surface area (Å²) < 4.78 is 14.1. The minimum atomic E-state index is -0.659. The molecule has 6 heteroatoms. The number of carbonyl (C=O) groups is 2. The number of thiocarbonyl (C=S) groups is 1. The molecule has 2 aromatic rings. The number of nitrogens with one attached hydrogen (secondary N) is 1. The van der Waals surface area contributed by atoms with Crippen molar-refractivity contribution in [3.63, 3.8) is 0 Å². The number of carbonyl (C=O) groups excluding carboxylic acids is 2. The molecule has 1 saturated heterocycles.